The van der Waals surface area contributed by atoms with E-state index in [1.165, 1.54) is 24.1 Å². The summed E-state index contributed by atoms with van der Waals surface area (Å²) in [4.78, 5) is 0. The highest BCUT2D eigenvalue weighted by molar-refractivity contribution is 5.24. The summed E-state index contributed by atoms with van der Waals surface area (Å²) in [5.74, 6) is 0. The van der Waals surface area contributed by atoms with Crippen LogP contribution in [-0.2, 0) is 13.1 Å². The molecule has 0 amide bonds. The predicted octanol–water partition coefficient (Wildman–Crippen LogP) is 1.13. The van der Waals surface area contributed by atoms with Gasteiger partial charge in [0, 0.05) is 37.0 Å². The maximum absolute atomic E-state index is 8.83. The van der Waals surface area contributed by atoms with Gasteiger partial charge >= 0.3 is 0 Å². The highest BCUT2D eigenvalue weighted by atomic mass is 16.3. The van der Waals surface area contributed by atoms with E-state index in [0.29, 0.717) is 0 Å². The maximum atomic E-state index is 8.83. The van der Waals surface area contributed by atoms with Gasteiger partial charge in [0.05, 0.1) is 5.69 Å². The molecule has 0 unspecified atom stereocenters. The molecular weight excluding hydrogens is 202 g/mol. The minimum Gasteiger partial charge on any atom is -0.396 e. The van der Waals surface area contributed by atoms with E-state index < -0.39 is 0 Å². The number of aryl methyl sites for hydroxylation is 2. The highest BCUT2D eigenvalue weighted by Gasteiger charge is 2.21. The molecule has 0 atom stereocenters. The summed E-state index contributed by atoms with van der Waals surface area (Å²) >= 11 is 0. The lowest BCUT2D eigenvalue weighted by molar-refractivity contribution is 0.276. The van der Waals surface area contributed by atoms with Crippen molar-refractivity contribution in [3.63, 3.8) is 0 Å². The quantitative estimate of drug-likeness (QED) is 0.760. The van der Waals surface area contributed by atoms with Crippen molar-refractivity contribution in [2.75, 3.05) is 6.61 Å². The van der Waals surface area contributed by atoms with E-state index in [4.69, 9.17) is 5.11 Å². The van der Waals surface area contributed by atoms with Crippen LogP contribution >= 0.6 is 0 Å². The number of aliphatic hydroxyl groups excluding tert-OH is 1. The number of hydrogen-bond donors (Lipinski definition) is 2. The van der Waals surface area contributed by atoms with Gasteiger partial charge in [-0.3, -0.25) is 4.68 Å². The lowest BCUT2D eigenvalue weighted by atomic mass is 10.2. The zero-order valence-corrected chi connectivity index (χ0v) is 10.2. The molecule has 16 heavy (non-hydrogen) atoms. The minimum atomic E-state index is 0.230. The molecule has 0 bridgehead atoms. The van der Waals surface area contributed by atoms with Crippen molar-refractivity contribution in [2.24, 2.45) is 0 Å². The predicted molar refractivity (Wildman–Crippen MR) is 63.3 cm³/mol. The Kier molecular flexibility index (Phi) is 3.61. The largest absolute Gasteiger partial charge is 0.396 e. The van der Waals surface area contributed by atoms with E-state index in [9.17, 15) is 0 Å². The number of nitrogens with zero attached hydrogens (tertiary/aromatic N) is 2. The standard InChI is InChI=1S/C12H21N3O/c1-9-12(8-13-11-4-5-11)10(2)15(14-9)6-3-7-16/h11,13,16H,3-8H2,1-2H3. The highest BCUT2D eigenvalue weighted by Crippen LogP contribution is 2.21. The summed E-state index contributed by atoms with van der Waals surface area (Å²) in [6.07, 6.45) is 3.41. The Hall–Kier alpha value is -0.870. The number of aromatic nitrogens is 2. The first-order valence-corrected chi connectivity index (χ1v) is 6.09. The fourth-order valence-corrected chi connectivity index (χ4v) is 1.96. The first-order valence-electron chi connectivity index (χ1n) is 6.09. The summed E-state index contributed by atoms with van der Waals surface area (Å²) in [6.45, 7) is 6.15. The summed E-state index contributed by atoms with van der Waals surface area (Å²) < 4.78 is 2.01. The molecule has 0 spiro atoms. The fourth-order valence-electron chi connectivity index (χ4n) is 1.96. The Morgan fingerprint density at radius 2 is 2.19 bits per heavy atom. The maximum Gasteiger partial charge on any atom is 0.0641 e. The average Bonchev–Trinajstić information content (AvgIpc) is 3.03. The van der Waals surface area contributed by atoms with Gasteiger partial charge in [0.25, 0.3) is 0 Å². The first kappa shape index (κ1) is 11.6. The Morgan fingerprint density at radius 3 is 2.81 bits per heavy atom. The topological polar surface area (TPSA) is 50.1 Å². The van der Waals surface area contributed by atoms with Crippen LogP contribution in [0.4, 0.5) is 0 Å². The molecule has 1 aromatic rings. The van der Waals surface area contributed by atoms with Gasteiger partial charge < -0.3 is 10.4 Å². The van der Waals surface area contributed by atoms with Crippen LogP contribution in [0.25, 0.3) is 0 Å². The Balaban J connectivity index is 2.01. The lowest BCUT2D eigenvalue weighted by Crippen LogP contribution is -2.16. The SMILES string of the molecule is Cc1nn(CCCO)c(C)c1CNC1CC1. The van der Waals surface area contributed by atoms with Crippen LogP contribution in [0.3, 0.4) is 0 Å². The fraction of sp³-hybridized carbons (Fsp3) is 0.750. The number of nitrogens with one attached hydrogen (secondary N) is 1. The number of hydrogen-bond acceptors (Lipinski definition) is 3. The van der Waals surface area contributed by atoms with Crippen molar-refractivity contribution >= 4 is 0 Å². The summed E-state index contributed by atoms with van der Waals surface area (Å²) in [5, 5.41) is 16.9. The van der Waals surface area contributed by atoms with E-state index in [2.05, 4.69) is 24.3 Å². The van der Waals surface area contributed by atoms with Crippen molar-refractivity contribution in [1.29, 1.82) is 0 Å². The molecule has 0 saturated heterocycles. The molecule has 0 aromatic carbocycles. The van der Waals surface area contributed by atoms with Crippen LogP contribution in [-0.4, -0.2) is 27.5 Å². The third-order valence-electron chi connectivity index (χ3n) is 3.20. The van der Waals surface area contributed by atoms with Gasteiger partial charge in [-0.05, 0) is 33.1 Å². The van der Waals surface area contributed by atoms with Crippen LogP contribution in [0.1, 0.15) is 36.2 Å². The normalized spacial score (nSPS) is 15.7. The van der Waals surface area contributed by atoms with Crippen molar-refractivity contribution in [3.8, 4) is 0 Å². The van der Waals surface area contributed by atoms with E-state index in [1.54, 1.807) is 0 Å². The minimum absolute atomic E-state index is 0.230. The molecule has 0 aliphatic heterocycles. The van der Waals surface area contributed by atoms with Crippen LogP contribution in [0.2, 0.25) is 0 Å². The summed E-state index contributed by atoms with van der Waals surface area (Å²) in [7, 11) is 0. The molecule has 2 N–H and O–H groups in total. The van der Waals surface area contributed by atoms with Gasteiger partial charge in [0.1, 0.15) is 0 Å². The monoisotopic (exact) mass is 223 g/mol. The van der Waals surface area contributed by atoms with Crippen LogP contribution in [0.5, 0.6) is 0 Å². The zero-order chi connectivity index (χ0) is 11.5. The first-order chi connectivity index (χ1) is 7.72. The van der Waals surface area contributed by atoms with Gasteiger partial charge in [-0.15, -0.1) is 0 Å². The number of rotatable bonds is 6. The van der Waals surface area contributed by atoms with Crippen molar-refractivity contribution < 1.29 is 5.11 Å². The molecule has 4 heteroatoms. The summed E-state index contributed by atoms with van der Waals surface area (Å²) in [5.41, 5.74) is 3.67. The van der Waals surface area contributed by atoms with E-state index in [-0.39, 0.29) is 6.61 Å². The third-order valence-corrected chi connectivity index (χ3v) is 3.20. The lowest BCUT2D eigenvalue weighted by Gasteiger charge is -2.05. The molecule has 1 aliphatic rings. The molecule has 1 aliphatic carbocycles. The van der Waals surface area contributed by atoms with Gasteiger partial charge in [0.15, 0.2) is 0 Å². The van der Waals surface area contributed by atoms with Crippen molar-refractivity contribution in [3.05, 3.63) is 17.0 Å². The zero-order valence-electron chi connectivity index (χ0n) is 10.2. The van der Waals surface area contributed by atoms with Gasteiger partial charge in [-0.25, -0.2) is 0 Å². The van der Waals surface area contributed by atoms with Crippen molar-refractivity contribution in [1.82, 2.24) is 15.1 Å². The molecule has 4 nitrogen and oxygen atoms in total. The molecule has 1 saturated carbocycles. The Bertz CT molecular complexity index is 355. The Labute approximate surface area is 96.7 Å². The molecule has 0 radical (unpaired) electrons. The molecule has 1 heterocycles. The van der Waals surface area contributed by atoms with Crippen molar-refractivity contribution in [2.45, 2.75) is 52.2 Å². The third kappa shape index (κ3) is 2.62. The van der Waals surface area contributed by atoms with Crippen LogP contribution in [0, 0.1) is 13.8 Å². The smallest absolute Gasteiger partial charge is 0.0641 e. The second-order valence-corrected chi connectivity index (χ2v) is 4.60. The van der Waals surface area contributed by atoms with Crippen LogP contribution < -0.4 is 5.32 Å². The van der Waals surface area contributed by atoms with Crippen LogP contribution in [0.15, 0.2) is 0 Å². The van der Waals surface area contributed by atoms with Gasteiger partial charge in [-0.1, -0.05) is 0 Å². The Morgan fingerprint density at radius 1 is 1.44 bits per heavy atom. The molecule has 2 rings (SSSR count). The molecular formula is C12H21N3O. The van der Waals surface area contributed by atoms with Gasteiger partial charge in [0.2, 0.25) is 0 Å². The molecule has 1 aromatic heterocycles. The van der Waals surface area contributed by atoms with E-state index in [0.717, 1.165) is 31.2 Å². The van der Waals surface area contributed by atoms with E-state index >= 15 is 0 Å². The molecule has 1 fully saturated rings. The van der Waals surface area contributed by atoms with E-state index in [1.807, 2.05) is 4.68 Å². The second kappa shape index (κ2) is 4.97. The second-order valence-electron chi connectivity index (χ2n) is 4.60. The number of aliphatic hydroxyl groups is 1. The summed E-state index contributed by atoms with van der Waals surface area (Å²) in [6, 6.07) is 0.736. The van der Waals surface area contributed by atoms with Gasteiger partial charge in [-0.2, -0.15) is 5.10 Å². The molecule has 90 valence electrons. The average molecular weight is 223 g/mol.